The van der Waals surface area contributed by atoms with E-state index in [4.69, 9.17) is 15.3 Å². The van der Waals surface area contributed by atoms with E-state index in [2.05, 4.69) is 22.5 Å². The molecule has 0 saturated carbocycles. The second-order valence-corrected chi connectivity index (χ2v) is 4.40. The van der Waals surface area contributed by atoms with Gasteiger partial charge in [-0.05, 0) is 18.1 Å². The molecule has 1 atom stereocenters. The number of nitrogens with one attached hydrogen (secondary N) is 2. The summed E-state index contributed by atoms with van der Waals surface area (Å²) in [5.74, 6) is 5.65. The molecule has 0 fully saturated rings. The maximum Gasteiger partial charge on any atom is 0.0700 e. The van der Waals surface area contributed by atoms with Crippen LogP contribution >= 0.6 is 0 Å². The molecule has 1 heterocycles. The highest BCUT2D eigenvalue weighted by atomic mass is 16.5. The summed E-state index contributed by atoms with van der Waals surface area (Å²) in [6, 6.07) is 8.28. The molecule has 1 aromatic heterocycles. The van der Waals surface area contributed by atoms with E-state index in [0.717, 1.165) is 11.9 Å². The van der Waals surface area contributed by atoms with Crippen LogP contribution in [0, 0.1) is 0 Å². The average Bonchev–Trinajstić information content (AvgIpc) is 2.87. The Bertz CT molecular complexity index is 498. The number of benzene rings is 1. The molecule has 0 radical (unpaired) electrons. The van der Waals surface area contributed by atoms with Gasteiger partial charge in [-0.3, -0.25) is 11.3 Å². The number of aromatic amines is 1. The molecule has 5 heteroatoms. The van der Waals surface area contributed by atoms with Gasteiger partial charge in [0.1, 0.15) is 0 Å². The van der Waals surface area contributed by atoms with Crippen molar-refractivity contribution in [2.75, 3.05) is 26.9 Å². The second kappa shape index (κ2) is 7.25. The Morgan fingerprint density at radius 2 is 2.11 bits per heavy atom. The molecule has 0 aliphatic heterocycles. The molecule has 4 N–H and O–H groups in total. The van der Waals surface area contributed by atoms with Crippen LogP contribution in [0.1, 0.15) is 18.0 Å². The normalized spacial score (nSPS) is 12.9. The van der Waals surface area contributed by atoms with Crippen molar-refractivity contribution in [2.24, 2.45) is 5.84 Å². The Morgan fingerprint density at radius 3 is 2.89 bits per heavy atom. The minimum atomic E-state index is 0.0821. The number of hydrogen-bond donors (Lipinski definition) is 3. The van der Waals surface area contributed by atoms with Crippen molar-refractivity contribution in [3.05, 3.63) is 36.0 Å². The van der Waals surface area contributed by atoms with Crippen molar-refractivity contribution in [3.8, 4) is 0 Å². The first-order valence-corrected chi connectivity index (χ1v) is 6.45. The molecule has 2 aromatic rings. The Balaban J connectivity index is 1.97. The summed E-state index contributed by atoms with van der Waals surface area (Å²) in [5, 5.41) is 1.20. The third-order valence-corrected chi connectivity index (χ3v) is 3.18. The van der Waals surface area contributed by atoms with E-state index in [-0.39, 0.29) is 6.04 Å². The van der Waals surface area contributed by atoms with Crippen molar-refractivity contribution in [1.82, 2.24) is 10.4 Å². The van der Waals surface area contributed by atoms with Gasteiger partial charge < -0.3 is 14.5 Å². The highest BCUT2D eigenvalue weighted by molar-refractivity contribution is 5.83. The summed E-state index contributed by atoms with van der Waals surface area (Å²) in [6.07, 6.45) is 2.83. The molecule has 1 unspecified atom stereocenters. The van der Waals surface area contributed by atoms with Gasteiger partial charge in [-0.15, -0.1) is 0 Å². The molecule has 0 amide bonds. The SMILES string of the molecule is COCCOCCC(NN)c1c[nH]c2ccccc12. The van der Waals surface area contributed by atoms with Gasteiger partial charge >= 0.3 is 0 Å². The van der Waals surface area contributed by atoms with Crippen LogP contribution in [0.2, 0.25) is 0 Å². The quantitative estimate of drug-likeness (QED) is 0.385. The highest BCUT2D eigenvalue weighted by Gasteiger charge is 2.13. The predicted octanol–water partition coefficient (Wildman–Crippen LogP) is 1.73. The Kier molecular flexibility index (Phi) is 5.35. The number of nitrogens with two attached hydrogens (primary N) is 1. The van der Waals surface area contributed by atoms with Gasteiger partial charge in [0.25, 0.3) is 0 Å². The van der Waals surface area contributed by atoms with Gasteiger partial charge in [0.15, 0.2) is 0 Å². The molecule has 2 rings (SSSR count). The first-order valence-electron chi connectivity index (χ1n) is 6.45. The maximum absolute atomic E-state index is 5.65. The fourth-order valence-electron chi connectivity index (χ4n) is 2.16. The third kappa shape index (κ3) is 3.54. The number of hydrogen-bond acceptors (Lipinski definition) is 4. The molecule has 5 nitrogen and oxygen atoms in total. The zero-order valence-corrected chi connectivity index (χ0v) is 11.2. The fraction of sp³-hybridized carbons (Fsp3) is 0.429. The molecule has 104 valence electrons. The monoisotopic (exact) mass is 263 g/mol. The molecular weight excluding hydrogens is 242 g/mol. The number of rotatable bonds is 8. The molecular formula is C14H21N3O2. The fourth-order valence-corrected chi connectivity index (χ4v) is 2.16. The van der Waals surface area contributed by atoms with E-state index in [1.807, 2.05) is 18.3 Å². The number of fused-ring (bicyclic) bond motifs is 1. The number of para-hydroxylation sites is 1. The summed E-state index contributed by atoms with van der Waals surface area (Å²) >= 11 is 0. The maximum atomic E-state index is 5.65. The number of aromatic nitrogens is 1. The average molecular weight is 263 g/mol. The first kappa shape index (κ1) is 14.0. The van der Waals surface area contributed by atoms with Crippen LogP contribution in [-0.4, -0.2) is 31.9 Å². The molecule has 0 bridgehead atoms. The van der Waals surface area contributed by atoms with Gasteiger partial charge in [-0.1, -0.05) is 18.2 Å². The largest absolute Gasteiger partial charge is 0.382 e. The van der Waals surface area contributed by atoms with E-state index >= 15 is 0 Å². The van der Waals surface area contributed by atoms with E-state index in [1.165, 1.54) is 10.9 Å². The minimum absolute atomic E-state index is 0.0821. The number of H-pyrrole nitrogens is 1. The zero-order chi connectivity index (χ0) is 13.5. The van der Waals surface area contributed by atoms with Crippen molar-refractivity contribution in [3.63, 3.8) is 0 Å². The van der Waals surface area contributed by atoms with E-state index < -0.39 is 0 Å². The molecule has 1 aromatic carbocycles. The van der Waals surface area contributed by atoms with Crippen LogP contribution < -0.4 is 11.3 Å². The van der Waals surface area contributed by atoms with Gasteiger partial charge in [-0.2, -0.15) is 0 Å². The summed E-state index contributed by atoms with van der Waals surface area (Å²) in [4.78, 5) is 3.26. The lowest BCUT2D eigenvalue weighted by Gasteiger charge is -2.15. The number of ether oxygens (including phenoxy) is 2. The van der Waals surface area contributed by atoms with Crippen LogP contribution in [0.4, 0.5) is 0 Å². The van der Waals surface area contributed by atoms with E-state index in [1.54, 1.807) is 7.11 Å². The smallest absolute Gasteiger partial charge is 0.0700 e. The molecule has 0 aliphatic rings. The summed E-state index contributed by atoms with van der Waals surface area (Å²) < 4.78 is 10.4. The van der Waals surface area contributed by atoms with Crippen molar-refractivity contribution in [1.29, 1.82) is 0 Å². The summed E-state index contributed by atoms with van der Waals surface area (Å²) in [7, 11) is 1.67. The van der Waals surface area contributed by atoms with Gasteiger partial charge in [0.2, 0.25) is 0 Å². The summed E-state index contributed by atoms with van der Waals surface area (Å²) in [5.41, 5.74) is 5.15. The number of hydrazine groups is 1. The molecule has 0 saturated heterocycles. The van der Waals surface area contributed by atoms with E-state index in [9.17, 15) is 0 Å². The lowest BCUT2D eigenvalue weighted by Crippen LogP contribution is -2.29. The number of methoxy groups -OCH3 is 1. The van der Waals surface area contributed by atoms with Crippen LogP contribution in [0.25, 0.3) is 10.9 Å². The van der Waals surface area contributed by atoms with Crippen LogP contribution in [-0.2, 0) is 9.47 Å². The first-order chi connectivity index (χ1) is 9.36. The molecule has 0 spiro atoms. The van der Waals surface area contributed by atoms with Gasteiger partial charge in [0.05, 0.1) is 19.3 Å². The zero-order valence-electron chi connectivity index (χ0n) is 11.2. The second-order valence-electron chi connectivity index (χ2n) is 4.40. The Labute approximate surface area is 113 Å². The van der Waals surface area contributed by atoms with Gasteiger partial charge in [-0.25, -0.2) is 0 Å². The van der Waals surface area contributed by atoms with Crippen LogP contribution in [0.15, 0.2) is 30.5 Å². The van der Waals surface area contributed by atoms with Crippen molar-refractivity contribution >= 4 is 10.9 Å². The summed E-state index contributed by atoms with van der Waals surface area (Å²) in [6.45, 7) is 1.88. The standard InChI is InChI=1S/C14H21N3O2/c1-18-8-9-19-7-6-14(17-15)12-10-16-13-5-3-2-4-11(12)13/h2-5,10,14,16-17H,6-9,15H2,1H3. The Morgan fingerprint density at radius 1 is 1.26 bits per heavy atom. The molecule has 19 heavy (non-hydrogen) atoms. The van der Waals surface area contributed by atoms with Crippen LogP contribution in [0.3, 0.4) is 0 Å². The predicted molar refractivity (Wildman–Crippen MR) is 75.7 cm³/mol. The van der Waals surface area contributed by atoms with Crippen LogP contribution in [0.5, 0.6) is 0 Å². The lowest BCUT2D eigenvalue weighted by atomic mass is 10.0. The van der Waals surface area contributed by atoms with E-state index in [0.29, 0.717) is 19.8 Å². The Hall–Kier alpha value is -1.40. The van der Waals surface area contributed by atoms with Crippen molar-refractivity contribution in [2.45, 2.75) is 12.5 Å². The minimum Gasteiger partial charge on any atom is -0.382 e. The topological polar surface area (TPSA) is 72.3 Å². The lowest BCUT2D eigenvalue weighted by molar-refractivity contribution is 0.0658. The van der Waals surface area contributed by atoms with Crippen molar-refractivity contribution < 1.29 is 9.47 Å². The molecule has 0 aliphatic carbocycles. The highest BCUT2D eigenvalue weighted by Crippen LogP contribution is 2.25. The van der Waals surface area contributed by atoms with Gasteiger partial charge in [0, 0.05) is 30.8 Å². The third-order valence-electron chi connectivity index (χ3n) is 3.18.